The van der Waals surface area contributed by atoms with Gasteiger partial charge >= 0.3 is 21.1 Å². The van der Waals surface area contributed by atoms with Crippen molar-refractivity contribution in [2.24, 2.45) is 0 Å². The molecule has 0 fully saturated rings. The van der Waals surface area contributed by atoms with E-state index in [0.717, 1.165) is 49.3 Å². The van der Waals surface area contributed by atoms with Gasteiger partial charge < -0.3 is 14.4 Å². The molecule has 52 heavy (non-hydrogen) atoms. The Bertz CT molecular complexity index is 2540. The van der Waals surface area contributed by atoms with Gasteiger partial charge in [0.15, 0.2) is 0 Å². The third-order valence-corrected chi connectivity index (χ3v) is 10.5. The fourth-order valence-electron chi connectivity index (χ4n) is 6.95. The fraction of sp³-hybridized carbons (Fsp3) is 0.0851. The van der Waals surface area contributed by atoms with Gasteiger partial charge in [-0.3, -0.25) is 0 Å². The van der Waals surface area contributed by atoms with Gasteiger partial charge in [-0.05, 0) is 52.3 Å². The van der Waals surface area contributed by atoms with E-state index >= 15 is 0 Å². The maximum absolute atomic E-state index is 3.84. The van der Waals surface area contributed by atoms with Gasteiger partial charge in [0.05, 0.1) is 0 Å². The van der Waals surface area contributed by atoms with Gasteiger partial charge in [0.1, 0.15) is 0 Å². The molecule has 0 N–H and O–H groups in total. The molecule has 0 aliphatic carbocycles. The van der Waals surface area contributed by atoms with Gasteiger partial charge in [-0.15, -0.1) is 63.6 Å². The average molecular weight is 869 g/mol. The van der Waals surface area contributed by atoms with E-state index in [4.69, 9.17) is 0 Å². The van der Waals surface area contributed by atoms with E-state index in [1.54, 1.807) is 11.8 Å². The van der Waals surface area contributed by atoms with Crippen LogP contribution in [0.1, 0.15) is 26.3 Å². The zero-order chi connectivity index (χ0) is 34.5. The quantitative estimate of drug-likeness (QED) is 0.154. The molecule has 0 unspecified atom stereocenters. The SMILES string of the molecule is CC(C)(C)c1cc[c-]c(-n2c3[c-]c(Sc4[c-]c(N5[CH-]N(c6ccccc6)c6ccccc65)ccc4)ccc3c3cc(-c4ccccc4)ccc32)c1.[Pt+4]. The number of aromatic nitrogens is 1. The van der Waals surface area contributed by atoms with Crippen molar-refractivity contribution >= 4 is 56.3 Å². The molecule has 2 heterocycles. The number of nitrogens with zero attached hydrogens (tertiary/aromatic N) is 3. The van der Waals surface area contributed by atoms with E-state index in [0.29, 0.717) is 0 Å². The second-order valence-electron chi connectivity index (χ2n) is 13.9. The van der Waals surface area contributed by atoms with Gasteiger partial charge in [0.25, 0.3) is 0 Å². The first-order chi connectivity index (χ1) is 24.9. The zero-order valence-corrected chi connectivity index (χ0v) is 32.2. The van der Waals surface area contributed by atoms with Crippen molar-refractivity contribution in [2.75, 3.05) is 9.80 Å². The summed E-state index contributed by atoms with van der Waals surface area (Å²) in [6.45, 7) is 8.93. The number of fused-ring (bicyclic) bond motifs is 4. The fourth-order valence-corrected chi connectivity index (χ4v) is 7.77. The van der Waals surface area contributed by atoms with E-state index in [2.05, 4.69) is 212 Å². The standard InChI is InChI=1S/C47H35N3S.Pt/c1-47(2,3)35-16-12-20-38(29-35)50-43-27-24-34(33-14-6-4-7-15-33)28-42(43)41-26-25-40(31-46(41)50)51-39-21-13-19-37(30-39)49-32-48(36-17-8-5-9-18-36)44-22-10-11-23-45(44)49;/h4-19,21-29,32H,1-3H3;/q-4;+4. The summed E-state index contributed by atoms with van der Waals surface area (Å²) < 4.78 is 2.33. The van der Waals surface area contributed by atoms with Crippen LogP contribution in [0.3, 0.4) is 0 Å². The van der Waals surface area contributed by atoms with E-state index in [1.807, 2.05) is 0 Å². The minimum Gasteiger partial charge on any atom is -0.493 e. The van der Waals surface area contributed by atoms with E-state index in [1.165, 1.54) is 27.5 Å². The largest absolute Gasteiger partial charge is 4.00 e. The molecule has 0 spiro atoms. The Labute approximate surface area is 324 Å². The van der Waals surface area contributed by atoms with Crippen LogP contribution in [-0.4, -0.2) is 4.57 Å². The van der Waals surface area contributed by atoms with E-state index < -0.39 is 0 Å². The predicted molar refractivity (Wildman–Crippen MR) is 213 cm³/mol. The Hall–Kier alpha value is -5.02. The van der Waals surface area contributed by atoms with Crippen molar-refractivity contribution in [2.45, 2.75) is 36.0 Å². The molecule has 5 heteroatoms. The van der Waals surface area contributed by atoms with Crippen LogP contribution in [0, 0.1) is 24.9 Å². The molecular formula is C47H35N3PtS. The van der Waals surface area contributed by atoms with Crippen LogP contribution in [0.2, 0.25) is 0 Å². The van der Waals surface area contributed by atoms with Crippen molar-refractivity contribution in [3.05, 3.63) is 182 Å². The molecule has 1 aliphatic rings. The van der Waals surface area contributed by atoms with Crippen LogP contribution >= 0.6 is 11.8 Å². The summed E-state index contributed by atoms with van der Waals surface area (Å²) in [6, 6.07) is 64.8. The molecule has 254 valence electrons. The number of rotatable bonds is 6. The average Bonchev–Trinajstić information content (AvgIpc) is 3.71. The number of hydrogen-bond acceptors (Lipinski definition) is 3. The maximum atomic E-state index is 3.84. The summed E-state index contributed by atoms with van der Waals surface area (Å²) in [5.41, 5.74) is 11.3. The van der Waals surface area contributed by atoms with Gasteiger partial charge in [-0.25, -0.2) is 0 Å². The Morgan fingerprint density at radius 3 is 2.06 bits per heavy atom. The maximum Gasteiger partial charge on any atom is 4.00 e. The second kappa shape index (κ2) is 13.8. The van der Waals surface area contributed by atoms with Crippen LogP contribution in [0.25, 0.3) is 38.6 Å². The summed E-state index contributed by atoms with van der Waals surface area (Å²) in [7, 11) is 0. The predicted octanol–water partition coefficient (Wildman–Crippen LogP) is 12.7. The molecule has 0 bridgehead atoms. The molecule has 0 amide bonds. The summed E-state index contributed by atoms with van der Waals surface area (Å²) in [4.78, 5) is 6.52. The Morgan fingerprint density at radius 1 is 0.577 bits per heavy atom. The van der Waals surface area contributed by atoms with Gasteiger partial charge in [-0.1, -0.05) is 105 Å². The molecule has 0 saturated heterocycles. The van der Waals surface area contributed by atoms with E-state index in [9.17, 15) is 0 Å². The molecule has 1 aliphatic heterocycles. The number of benzene rings is 7. The van der Waals surface area contributed by atoms with Crippen molar-refractivity contribution < 1.29 is 21.1 Å². The molecule has 0 saturated carbocycles. The Morgan fingerprint density at radius 2 is 1.29 bits per heavy atom. The first-order valence-electron chi connectivity index (χ1n) is 17.3. The number of anilines is 4. The molecule has 8 aromatic rings. The van der Waals surface area contributed by atoms with Crippen LogP contribution in [0.4, 0.5) is 22.7 Å². The summed E-state index contributed by atoms with van der Waals surface area (Å²) in [5.74, 6) is 0. The van der Waals surface area contributed by atoms with Crippen molar-refractivity contribution in [3.63, 3.8) is 0 Å². The third kappa shape index (κ3) is 6.25. The monoisotopic (exact) mass is 868 g/mol. The smallest absolute Gasteiger partial charge is 0.493 e. The zero-order valence-electron chi connectivity index (χ0n) is 29.1. The minimum atomic E-state index is 0. The topological polar surface area (TPSA) is 11.4 Å². The van der Waals surface area contributed by atoms with Gasteiger partial charge in [-0.2, -0.15) is 48.0 Å². The van der Waals surface area contributed by atoms with Gasteiger partial charge in [0, 0.05) is 22.6 Å². The van der Waals surface area contributed by atoms with Crippen LogP contribution < -0.4 is 9.80 Å². The molecule has 7 aromatic carbocycles. The van der Waals surface area contributed by atoms with Crippen LogP contribution in [0.5, 0.6) is 0 Å². The van der Waals surface area contributed by atoms with Crippen molar-refractivity contribution in [1.29, 1.82) is 0 Å². The number of hydrogen-bond donors (Lipinski definition) is 0. The normalized spacial score (nSPS) is 12.7. The summed E-state index contributed by atoms with van der Waals surface area (Å²) in [5, 5.41) is 2.37. The van der Waals surface area contributed by atoms with Crippen molar-refractivity contribution in [1.82, 2.24) is 4.57 Å². The first-order valence-corrected chi connectivity index (χ1v) is 18.1. The second-order valence-corrected chi connectivity index (χ2v) is 15.0. The number of para-hydroxylation sites is 3. The Balaban J connectivity index is 0.00000387. The van der Waals surface area contributed by atoms with Gasteiger partial charge in [0.2, 0.25) is 0 Å². The van der Waals surface area contributed by atoms with Crippen LogP contribution in [-0.2, 0) is 26.5 Å². The summed E-state index contributed by atoms with van der Waals surface area (Å²) in [6.07, 6.45) is 0. The molecule has 1 aromatic heterocycles. The summed E-state index contributed by atoms with van der Waals surface area (Å²) >= 11 is 1.69. The molecule has 3 nitrogen and oxygen atoms in total. The molecule has 0 radical (unpaired) electrons. The molecule has 9 rings (SSSR count). The molecule has 0 atom stereocenters. The molecular weight excluding hydrogens is 834 g/mol. The van der Waals surface area contributed by atoms with Crippen LogP contribution in [0.15, 0.2) is 161 Å². The Kier molecular flexibility index (Phi) is 9.07. The van der Waals surface area contributed by atoms with Crippen molar-refractivity contribution in [3.8, 4) is 16.8 Å². The minimum absolute atomic E-state index is 0. The van der Waals surface area contributed by atoms with E-state index in [-0.39, 0.29) is 26.5 Å². The first kappa shape index (κ1) is 34.1. The third-order valence-electron chi connectivity index (χ3n) is 9.55.